The van der Waals surface area contributed by atoms with E-state index in [0.29, 0.717) is 32.7 Å². The molecule has 2 aliphatic heterocycles. The fourth-order valence-electron chi connectivity index (χ4n) is 4.14. The molecular formula is C21H31ClN4O3. The SMILES string of the molecule is COC(=O)N1CCCN(CC(=O)NCC(c2ccccc2Cl)N2CCCC2)CC1. The van der Waals surface area contributed by atoms with Crippen LogP contribution in [0.15, 0.2) is 24.3 Å². The zero-order valence-corrected chi connectivity index (χ0v) is 17.9. The molecule has 8 heteroatoms. The number of methoxy groups -OCH3 is 1. The molecule has 0 bridgehead atoms. The van der Waals surface area contributed by atoms with Gasteiger partial charge in [0.15, 0.2) is 0 Å². The number of benzene rings is 1. The van der Waals surface area contributed by atoms with Crippen LogP contribution in [0.5, 0.6) is 0 Å². The summed E-state index contributed by atoms with van der Waals surface area (Å²) in [6, 6.07) is 7.98. The van der Waals surface area contributed by atoms with Crippen molar-refractivity contribution >= 4 is 23.6 Å². The van der Waals surface area contributed by atoms with Crippen LogP contribution in [0.2, 0.25) is 5.02 Å². The van der Waals surface area contributed by atoms with Crippen LogP contribution in [0.4, 0.5) is 4.79 Å². The molecule has 3 rings (SSSR count). The predicted molar refractivity (Wildman–Crippen MR) is 113 cm³/mol. The Labute approximate surface area is 177 Å². The molecule has 1 atom stereocenters. The highest BCUT2D eigenvalue weighted by molar-refractivity contribution is 6.31. The minimum Gasteiger partial charge on any atom is -0.453 e. The van der Waals surface area contributed by atoms with Crippen molar-refractivity contribution in [2.45, 2.75) is 25.3 Å². The third-order valence-electron chi connectivity index (χ3n) is 5.73. The van der Waals surface area contributed by atoms with E-state index in [4.69, 9.17) is 16.3 Å². The molecule has 0 saturated carbocycles. The molecule has 1 aromatic rings. The minimum atomic E-state index is -0.301. The fraction of sp³-hybridized carbons (Fsp3) is 0.619. The second kappa shape index (κ2) is 10.8. The Morgan fingerprint density at radius 3 is 2.55 bits per heavy atom. The number of likely N-dealkylation sites (tertiary alicyclic amines) is 1. The van der Waals surface area contributed by atoms with Gasteiger partial charge in [-0.2, -0.15) is 0 Å². The van der Waals surface area contributed by atoms with Gasteiger partial charge in [-0.1, -0.05) is 29.8 Å². The molecule has 160 valence electrons. The highest BCUT2D eigenvalue weighted by Gasteiger charge is 2.26. The van der Waals surface area contributed by atoms with Crippen LogP contribution in [0, 0.1) is 0 Å². The first-order chi connectivity index (χ1) is 14.1. The predicted octanol–water partition coefficient (Wildman–Crippen LogP) is 2.37. The molecule has 0 spiro atoms. The van der Waals surface area contributed by atoms with Crippen LogP contribution in [0.1, 0.15) is 30.9 Å². The van der Waals surface area contributed by atoms with Crippen molar-refractivity contribution in [3.63, 3.8) is 0 Å². The first-order valence-corrected chi connectivity index (χ1v) is 10.8. The highest BCUT2D eigenvalue weighted by Crippen LogP contribution is 2.29. The molecule has 1 unspecified atom stereocenters. The van der Waals surface area contributed by atoms with E-state index in [1.54, 1.807) is 4.90 Å². The standard InChI is InChI=1S/C21H31ClN4O3/c1-29-21(28)26-12-6-9-24(13-14-26)16-20(27)23-15-19(25-10-4-5-11-25)17-7-2-3-8-18(17)22/h2-3,7-8,19H,4-6,9-16H2,1H3,(H,23,27). The highest BCUT2D eigenvalue weighted by atomic mass is 35.5. The van der Waals surface area contributed by atoms with Crippen LogP contribution >= 0.6 is 11.6 Å². The molecule has 1 N–H and O–H groups in total. The van der Waals surface area contributed by atoms with Crippen molar-refractivity contribution < 1.29 is 14.3 Å². The van der Waals surface area contributed by atoms with Crippen LogP contribution in [0.25, 0.3) is 0 Å². The first-order valence-electron chi connectivity index (χ1n) is 10.4. The van der Waals surface area contributed by atoms with Crippen molar-refractivity contribution in [2.75, 3.05) is 59.5 Å². The van der Waals surface area contributed by atoms with Gasteiger partial charge in [-0.05, 0) is 44.0 Å². The quantitative estimate of drug-likeness (QED) is 0.762. The number of halogens is 1. The monoisotopic (exact) mass is 422 g/mol. The van der Waals surface area contributed by atoms with Crippen LogP contribution in [-0.4, -0.2) is 86.2 Å². The van der Waals surface area contributed by atoms with Crippen molar-refractivity contribution in [3.05, 3.63) is 34.9 Å². The lowest BCUT2D eigenvalue weighted by Gasteiger charge is -2.29. The molecule has 7 nitrogen and oxygen atoms in total. The average Bonchev–Trinajstić information content (AvgIpc) is 3.15. The van der Waals surface area contributed by atoms with Crippen LogP contribution in [-0.2, 0) is 9.53 Å². The van der Waals surface area contributed by atoms with E-state index in [9.17, 15) is 9.59 Å². The molecule has 0 aliphatic carbocycles. The van der Waals surface area contributed by atoms with Gasteiger partial charge in [0.1, 0.15) is 0 Å². The molecule has 2 aliphatic rings. The summed E-state index contributed by atoms with van der Waals surface area (Å²) in [4.78, 5) is 30.5. The van der Waals surface area contributed by atoms with E-state index in [2.05, 4.69) is 15.1 Å². The molecule has 2 fully saturated rings. The van der Waals surface area contributed by atoms with E-state index in [1.807, 2.05) is 24.3 Å². The van der Waals surface area contributed by atoms with Crippen molar-refractivity contribution in [2.24, 2.45) is 0 Å². The maximum Gasteiger partial charge on any atom is 0.409 e. The summed E-state index contributed by atoms with van der Waals surface area (Å²) < 4.78 is 4.80. The number of nitrogens with one attached hydrogen (secondary N) is 1. The molecule has 2 amide bonds. The van der Waals surface area contributed by atoms with Gasteiger partial charge in [0.25, 0.3) is 0 Å². The maximum atomic E-state index is 12.6. The van der Waals surface area contributed by atoms with Gasteiger partial charge >= 0.3 is 6.09 Å². The summed E-state index contributed by atoms with van der Waals surface area (Å²) in [5.74, 6) is 0.00719. The summed E-state index contributed by atoms with van der Waals surface area (Å²) in [6.07, 6.45) is 2.89. The van der Waals surface area contributed by atoms with Gasteiger partial charge < -0.3 is 15.0 Å². The Kier molecular flexibility index (Phi) is 8.15. The Morgan fingerprint density at radius 2 is 1.83 bits per heavy atom. The van der Waals surface area contributed by atoms with Gasteiger partial charge in [-0.15, -0.1) is 0 Å². The van der Waals surface area contributed by atoms with E-state index >= 15 is 0 Å². The molecule has 29 heavy (non-hydrogen) atoms. The van der Waals surface area contributed by atoms with Gasteiger partial charge in [-0.25, -0.2) is 4.79 Å². The first kappa shape index (κ1) is 21.9. The lowest BCUT2D eigenvalue weighted by molar-refractivity contribution is -0.122. The maximum absolute atomic E-state index is 12.6. The zero-order valence-electron chi connectivity index (χ0n) is 17.1. The topological polar surface area (TPSA) is 65.1 Å². The lowest BCUT2D eigenvalue weighted by atomic mass is 10.1. The number of nitrogens with zero attached hydrogens (tertiary/aromatic N) is 3. The number of carbonyl (C=O) groups excluding carboxylic acids is 2. The number of carbonyl (C=O) groups is 2. The Hall–Kier alpha value is -1.83. The number of rotatable bonds is 6. The summed E-state index contributed by atoms with van der Waals surface area (Å²) in [6.45, 7) is 5.64. The Bertz CT molecular complexity index is 696. The number of amides is 2. The normalized spacial score (nSPS) is 19.6. The molecule has 2 heterocycles. The van der Waals surface area contributed by atoms with E-state index < -0.39 is 0 Å². The minimum absolute atomic E-state index is 0.00719. The third kappa shape index (κ3) is 6.07. The van der Waals surface area contributed by atoms with Gasteiger partial charge in [0.2, 0.25) is 5.91 Å². The number of hydrogen-bond acceptors (Lipinski definition) is 5. The van der Waals surface area contributed by atoms with E-state index in [0.717, 1.165) is 36.6 Å². The Morgan fingerprint density at radius 1 is 1.07 bits per heavy atom. The number of ether oxygens (including phenoxy) is 1. The molecule has 1 aromatic carbocycles. The van der Waals surface area contributed by atoms with Crippen LogP contribution in [0.3, 0.4) is 0 Å². The summed E-state index contributed by atoms with van der Waals surface area (Å²) in [7, 11) is 1.40. The Balaban J connectivity index is 1.54. The second-order valence-corrected chi connectivity index (χ2v) is 8.08. The van der Waals surface area contributed by atoms with Crippen molar-refractivity contribution in [1.82, 2.24) is 20.0 Å². The summed E-state index contributed by atoms with van der Waals surface area (Å²) in [5.41, 5.74) is 1.07. The molecular weight excluding hydrogens is 392 g/mol. The fourth-order valence-corrected chi connectivity index (χ4v) is 4.41. The summed E-state index contributed by atoms with van der Waals surface area (Å²) >= 11 is 6.45. The molecule has 0 aromatic heterocycles. The largest absolute Gasteiger partial charge is 0.453 e. The van der Waals surface area contributed by atoms with Gasteiger partial charge in [0.05, 0.1) is 19.7 Å². The second-order valence-electron chi connectivity index (χ2n) is 7.67. The average molecular weight is 423 g/mol. The molecule has 0 radical (unpaired) electrons. The van der Waals surface area contributed by atoms with E-state index in [-0.39, 0.29) is 18.0 Å². The lowest BCUT2D eigenvalue weighted by Crippen LogP contribution is -2.43. The van der Waals surface area contributed by atoms with E-state index in [1.165, 1.54) is 20.0 Å². The smallest absolute Gasteiger partial charge is 0.409 e. The summed E-state index contributed by atoms with van der Waals surface area (Å²) in [5, 5.41) is 3.86. The third-order valence-corrected chi connectivity index (χ3v) is 6.07. The molecule has 2 saturated heterocycles. The van der Waals surface area contributed by atoms with Crippen molar-refractivity contribution in [1.29, 1.82) is 0 Å². The number of hydrogen-bond donors (Lipinski definition) is 1. The van der Waals surface area contributed by atoms with Crippen molar-refractivity contribution in [3.8, 4) is 0 Å². The zero-order chi connectivity index (χ0) is 20.6. The van der Waals surface area contributed by atoms with Gasteiger partial charge in [0, 0.05) is 37.7 Å². The van der Waals surface area contributed by atoms with Gasteiger partial charge in [-0.3, -0.25) is 14.6 Å². The van der Waals surface area contributed by atoms with Crippen LogP contribution < -0.4 is 5.32 Å².